The van der Waals surface area contributed by atoms with Crippen molar-refractivity contribution in [1.29, 1.82) is 0 Å². The van der Waals surface area contributed by atoms with Crippen molar-refractivity contribution >= 4 is 0 Å². The molecular formula is C15H14FN5. The second-order valence-corrected chi connectivity index (χ2v) is 4.65. The summed E-state index contributed by atoms with van der Waals surface area (Å²) < 4.78 is 15.3. The number of nitrogens with zero attached hydrogens (tertiary/aromatic N) is 4. The average molecular weight is 283 g/mol. The van der Waals surface area contributed by atoms with E-state index in [0.29, 0.717) is 17.9 Å². The maximum absolute atomic E-state index is 13.7. The maximum atomic E-state index is 13.7. The lowest BCUT2D eigenvalue weighted by Gasteiger charge is -2.06. The van der Waals surface area contributed by atoms with Gasteiger partial charge in [-0.05, 0) is 22.1 Å². The van der Waals surface area contributed by atoms with Crippen LogP contribution in [-0.2, 0) is 13.1 Å². The summed E-state index contributed by atoms with van der Waals surface area (Å²) in [6, 6.07) is 14.3. The first kappa shape index (κ1) is 13.4. The van der Waals surface area contributed by atoms with Gasteiger partial charge in [0.2, 0.25) is 0 Å². The van der Waals surface area contributed by atoms with E-state index < -0.39 is 0 Å². The number of aromatic nitrogens is 4. The molecule has 0 aliphatic rings. The summed E-state index contributed by atoms with van der Waals surface area (Å²) in [7, 11) is 0. The minimum Gasteiger partial charge on any atom is -0.326 e. The molecular weight excluding hydrogens is 269 g/mol. The zero-order chi connectivity index (χ0) is 14.7. The van der Waals surface area contributed by atoms with Gasteiger partial charge in [0.15, 0.2) is 5.82 Å². The van der Waals surface area contributed by atoms with E-state index in [2.05, 4.69) is 15.5 Å². The fourth-order valence-electron chi connectivity index (χ4n) is 2.10. The van der Waals surface area contributed by atoms with E-state index in [1.165, 1.54) is 6.07 Å². The molecule has 3 rings (SSSR count). The molecule has 1 heterocycles. The smallest absolute Gasteiger partial charge is 0.182 e. The monoisotopic (exact) mass is 283 g/mol. The molecule has 0 radical (unpaired) electrons. The number of nitrogens with two attached hydrogens (primary N) is 1. The molecule has 2 aromatic carbocycles. The first-order valence-corrected chi connectivity index (χ1v) is 6.57. The van der Waals surface area contributed by atoms with Crippen LogP contribution >= 0.6 is 0 Å². The molecule has 0 aliphatic carbocycles. The fraction of sp³-hybridized carbons (Fsp3) is 0.133. The Morgan fingerprint density at radius 1 is 1.05 bits per heavy atom. The fourth-order valence-corrected chi connectivity index (χ4v) is 2.10. The van der Waals surface area contributed by atoms with Crippen molar-refractivity contribution in [2.75, 3.05) is 0 Å². The van der Waals surface area contributed by atoms with Gasteiger partial charge in [-0.3, -0.25) is 0 Å². The van der Waals surface area contributed by atoms with Gasteiger partial charge in [0.25, 0.3) is 0 Å². The van der Waals surface area contributed by atoms with Gasteiger partial charge < -0.3 is 5.73 Å². The normalized spacial score (nSPS) is 10.8. The molecule has 0 spiro atoms. The van der Waals surface area contributed by atoms with Gasteiger partial charge in [-0.2, -0.15) is 0 Å². The molecule has 1 aromatic heterocycles. The molecule has 21 heavy (non-hydrogen) atoms. The summed E-state index contributed by atoms with van der Waals surface area (Å²) in [6.45, 7) is 0.772. The van der Waals surface area contributed by atoms with Crippen LogP contribution < -0.4 is 5.73 Å². The minimum atomic E-state index is -0.266. The first-order valence-electron chi connectivity index (χ1n) is 6.57. The van der Waals surface area contributed by atoms with Crippen LogP contribution in [0.4, 0.5) is 4.39 Å². The molecule has 0 saturated carbocycles. The van der Waals surface area contributed by atoms with E-state index in [1.54, 1.807) is 22.9 Å². The molecule has 0 bridgehead atoms. The zero-order valence-electron chi connectivity index (χ0n) is 11.3. The Labute approximate surface area is 121 Å². The maximum Gasteiger partial charge on any atom is 0.182 e. The molecule has 0 saturated heterocycles. The molecule has 0 fully saturated rings. The number of hydrogen-bond acceptors (Lipinski definition) is 4. The summed E-state index contributed by atoms with van der Waals surface area (Å²) in [4.78, 5) is 0. The molecule has 106 valence electrons. The van der Waals surface area contributed by atoms with Gasteiger partial charge in [0.05, 0.1) is 6.54 Å². The Hall–Kier alpha value is -2.60. The van der Waals surface area contributed by atoms with Gasteiger partial charge in [-0.25, -0.2) is 9.07 Å². The zero-order valence-corrected chi connectivity index (χ0v) is 11.3. The highest BCUT2D eigenvalue weighted by Crippen LogP contribution is 2.18. The second-order valence-electron chi connectivity index (χ2n) is 4.65. The van der Waals surface area contributed by atoms with Crippen LogP contribution in [-0.4, -0.2) is 20.2 Å². The number of benzene rings is 2. The van der Waals surface area contributed by atoms with Gasteiger partial charge in [0, 0.05) is 17.7 Å². The van der Waals surface area contributed by atoms with Gasteiger partial charge in [-0.15, -0.1) is 5.10 Å². The van der Waals surface area contributed by atoms with Crippen molar-refractivity contribution in [1.82, 2.24) is 20.2 Å². The molecule has 5 nitrogen and oxygen atoms in total. The van der Waals surface area contributed by atoms with Crippen molar-refractivity contribution in [3.8, 4) is 11.4 Å². The van der Waals surface area contributed by atoms with Crippen molar-refractivity contribution in [3.05, 3.63) is 65.5 Å². The third-order valence-corrected chi connectivity index (χ3v) is 3.26. The Kier molecular flexibility index (Phi) is 3.70. The van der Waals surface area contributed by atoms with Crippen molar-refractivity contribution in [2.45, 2.75) is 13.1 Å². The van der Waals surface area contributed by atoms with Gasteiger partial charge in [0.1, 0.15) is 5.82 Å². The minimum absolute atomic E-state index is 0.266. The van der Waals surface area contributed by atoms with Crippen molar-refractivity contribution in [3.63, 3.8) is 0 Å². The van der Waals surface area contributed by atoms with E-state index >= 15 is 0 Å². The molecule has 0 atom stereocenters. The Morgan fingerprint density at radius 3 is 2.52 bits per heavy atom. The lowest BCUT2D eigenvalue weighted by molar-refractivity contribution is 0.579. The van der Waals surface area contributed by atoms with E-state index in [9.17, 15) is 4.39 Å². The number of tetrazole rings is 1. The lowest BCUT2D eigenvalue weighted by atomic mass is 10.1. The van der Waals surface area contributed by atoms with Crippen LogP contribution in [0.5, 0.6) is 0 Å². The standard InChI is InChI=1S/C15H14FN5/c16-14-4-2-1-3-13(14)10-21-15(18-19-20-21)12-7-5-11(9-17)6-8-12/h1-8H,9-10,17H2. The van der Waals surface area contributed by atoms with Crippen molar-refractivity contribution in [2.24, 2.45) is 5.73 Å². The third kappa shape index (κ3) is 2.80. The van der Waals surface area contributed by atoms with Crippen LogP contribution in [0.1, 0.15) is 11.1 Å². The summed E-state index contributed by atoms with van der Waals surface area (Å²) in [5.41, 5.74) is 8.03. The summed E-state index contributed by atoms with van der Waals surface area (Å²) in [6.07, 6.45) is 0. The van der Waals surface area contributed by atoms with E-state index in [-0.39, 0.29) is 12.4 Å². The Morgan fingerprint density at radius 2 is 1.81 bits per heavy atom. The molecule has 6 heteroatoms. The quantitative estimate of drug-likeness (QED) is 0.795. The van der Waals surface area contributed by atoms with Gasteiger partial charge in [-0.1, -0.05) is 42.5 Å². The number of rotatable bonds is 4. The molecule has 0 unspecified atom stereocenters. The summed E-state index contributed by atoms with van der Waals surface area (Å²) >= 11 is 0. The number of halogens is 1. The van der Waals surface area contributed by atoms with Crippen molar-refractivity contribution < 1.29 is 4.39 Å². The molecule has 0 amide bonds. The topological polar surface area (TPSA) is 69.6 Å². The SMILES string of the molecule is NCc1ccc(-c2nnnn2Cc2ccccc2F)cc1. The van der Waals surface area contributed by atoms with Crippen LogP contribution in [0.25, 0.3) is 11.4 Å². The first-order chi connectivity index (χ1) is 10.3. The predicted octanol–water partition coefficient (Wildman–Crippen LogP) is 1.99. The predicted molar refractivity (Wildman–Crippen MR) is 76.6 cm³/mol. The highest BCUT2D eigenvalue weighted by Gasteiger charge is 2.11. The highest BCUT2D eigenvalue weighted by atomic mass is 19.1. The third-order valence-electron chi connectivity index (χ3n) is 3.26. The Bertz CT molecular complexity index is 736. The largest absolute Gasteiger partial charge is 0.326 e. The molecule has 3 aromatic rings. The lowest BCUT2D eigenvalue weighted by Crippen LogP contribution is -2.06. The highest BCUT2D eigenvalue weighted by molar-refractivity contribution is 5.55. The molecule has 0 aliphatic heterocycles. The van der Waals surface area contributed by atoms with Crippen LogP contribution in [0, 0.1) is 5.82 Å². The average Bonchev–Trinajstić information content (AvgIpc) is 2.98. The molecule has 2 N–H and O–H groups in total. The van der Waals surface area contributed by atoms with E-state index in [0.717, 1.165) is 11.1 Å². The van der Waals surface area contributed by atoms with Gasteiger partial charge >= 0.3 is 0 Å². The number of hydrogen-bond donors (Lipinski definition) is 1. The van der Waals surface area contributed by atoms with E-state index in [1.807, 2.05) is 24.3 Å². The van der Waals surface area contributed by atoms with Crippen LogP contribution in [0.15, 0.2) is 48.5 Å². The Balaban J connectivity index is 1.91. The second kappa shape index (κ2) is 5.80. The van der Waals surface area contributed by atoms with Crippen LogP contribution in [0.3, 0.4) is 0 Å². The van der Waals surface area contributed by atoms with E-state index in [4.69, 9.17) is 5.73 Å². The van der Waals surface area contributed by atoms with Crippen LogP contribution in [0.2, 0.25) is 0 Å². The summed E-state index contributed by atoms with van der Waals surface area (Å²) in [5, 5.41) is 11.6. The summed E-state index contributed by atoms with van der Waals surface area (Å²) in [5.74, 6) is 0.333.